The van der Waals surface area contributed by atoms with Crippen molar-refractivity contribution in [1.82, 2.24) is 5.43 Å². The molecule has 0 aliphatic heterocycles. The first-order chi connectivity index (χ1) is 14.1. The van der Waals surface area contributed by atoms with Gasteiger partial charge in [0, 0.05) is 18.0 Å². The van der Waals surface area contributed by atoms with E-state index in [0.717, 1.165) is 55.5 Å². The third-order valence-corrected chi connectivity index (χ3v) is 5.65. The average molecular weight is 400 g/mol. The number of carbonyl (C=O) groups excluding carboxylic acids is 2. The summed E-state index contributed by atoms with van der Waals surface area (Å²) in [4.78, 5) is 24.3. The Kier molecular flexibility index (Phi) is 10.5. The number of hydrazone groups is 1. The van der Waals surface area contributed by atoms with E-state index >= 15 is 0 Å². The molecule has 0 bridgehead atoms. The van der Waals surface area contributed by atoms with Crippen molar-refractivity contribution in [3.63, 3.8) is 0 Å². The van der Waals surface area contributed by atoms with Crippen molar-refractivity contribution in [3.05, 3.63) is 29.8 Å². The Balaban J connectivity index is 1.73. The molecule has 2 N–H and O–H groups in total. The monoisotopic (exact) mass is 399 g/mol. The van der Waals surface area contributed by atoms with E-state index in [9.17, 15) is 9.59 Å². The van der Waals surface area contributed by atoms with Gasteiger partial charge >= 0.3 is 0 Å². The molecule has 0 atom stereocenters. The maximum Gasteiger partial charge on any atom is 0.240 e. The molecule has 1 aliphatic carbocycles. The zero-order valence-electron chi connectivity index (χ0n) is 18.1. The highest BCUT2D eigenvalue weighted by Gasteiger charge is 2.20. The first-order valence-corrected chi connectivity index (χ1v) is 11.3. The van der Waals surface area contributed by atoms with E-state index in [0.29, 0.717) is 6.42 Å². The molecular formula is C24H37N3O2. The second-order valence-corrected chi connectivity index (χ2v) is 8.15. The molecule has 29 heavy (non-hydrogen) atoms. The van der Waals surface area contributed by atoms with E-state index < -0.39 is 0 Å². The molecule has 1 fully saturated rings. The van der Waals surface area contributed by atoms with Gasteiger partial charge in [0.1, 0.15) is 0 Å². The number of nitrogens with zero attached hydrogens (tertiary/aromatic N) is 1. The van der Waals surface area contributed by atoms with Crippen LogP contribution in [0.2, 0.25) is 0 Å². The summed E-state index contributed by atoms with van der Waals surface area (Å²) in [5.41, 5.74) is 5.15. The van der Waals surface area contributed by atoms with E-state index in [1.165, 1.54) is 32.1 Å². The van der Waals surface area contributed by atoms with Crippen LogP contribution in [0.15, 0.2) is 29.4 Å². The molecule has 0 aromatic heterocycles. The number of anilines is 1. The van der Waals surface area contributed by atoms with Crippen molar-refractivity contribution in [2.75, 3.05) is 5.32 Å². The minimum atomic E-state index is -0.0313. The van der Waals surface area contributed by atoms with Gasteiger partial charge in [-0.2, -0.15) is 5.10 Å². The molecule has 0 unspecified atom stereocenters. The minimum Gasteiger partial charge on any atom is -0.326 e. The number of benzene rings is 1. The fraction of sp³-hybridized carbons (Fsp3) is 0.625. The Morgan fingerprint density at radius 3 is 2.31 bits per heavy atom. The molecule has 2 amide bonds. The van der Waals surface area contributed by atoms with Gasteiger partial charge in [0.15, 0.2) is 0 Å². The summed E-state index contributed by atoms with van der Waals surface area (Å²) < 4.78 is 0. The predicted molar refractivity (Wildman–Crippen MR) is 120 cm³/mol. The smallest absolute Gasteiger partial charge is 0.240 e. The van der Waals surface area contributed by atoms with Crippen LogP contribution in [0.25, 0.3) is 0 Å². The molecule has 1 aliphatic rings. The fourth-order valence-corrected chi connectivity index (χ4v) is 3.74. The topological polar surface area (TPSA) is 70.6 Å². The van der Waals surface area contributed by atoms with Crippen LogP contribution in [-0.2, 0) is 9.59 Å². The van der Waals surface area contributed by atoms with Crippen LogP contribution in [0, 0.1) is 5.92 Å². The standard InChI is InChI=1S/C24H37N3O2/c1-3-4-5-6-7-11-14-23(28)27-26-19(2)20-15-17-22(18-16-20)25-24(29)21-12-9-8-10-13-21/h15-18,21H,3-14H2,1-2H3,(H,25,29)(H,27,28)/b26-19-. The first kappa shape index (κ1) is 23.1. The summed E-state index contributed by atoms with van der Waals surface area (Å²) >= 11 is 0. The van der Waals surface area contributed by atoms with E-state index in [1.807, 2.05) is 31.2 Å². The lowest BCUT2D eigenvalue weighted by molar-refractivity contribution is -0.121. The second-order valence-electron chi connectivity index (χ2n) is 8.15. The molecular weight excluding hydrogens is 362 g/mol. The molecule has 160 valence electrons. The van der Waals surface area contributed by atoms with Gasteiger partial charge < -0.3 is 5.32 Å². The zero-order valence-corrected chi connectivity index (χ0v) is 18.1. The molecule has 1 saturated carbocycles. The van der Waals surface area contributed by atoms with E-state index in [-0.39, 0.29) is 17.7 Å². The second kappa shape index (κ2) is 13.1. The van der Waals surface area contributed by atoms with Gasteiger partial charge in [0.25, 0.3) is 0 Å². The van der Waals surface area contributed by atoms with E-state index in [1.54, 1.807) is 0 Å². The van der Waals surface area contributed by atoms with Gasteiger partial charge in [-0.05, 0) is 43.9 Å². The highest BCUT2D eigenvalue weighted by molar-refractivity contribution is 6.00. The lowest BCUT2D eigenvalue weighted by Gasteiger charge is -2.20. The predicted octanol–water partition coefficient (Wildman–Crippen LogP) is 5.80. The van der Waals surface area contributed by atoms with Crippen LogP contribution >= 0.6 is 0 Å². The van der Waals surface area contributed by atoms with Crippen LogP contribution in [0.4, 0.5) is 5.69 Å². The van der Waals surface area contributed by atoms with Crippen molar-refractivity contribution >= 4 is 23.2 Å². The number of amides is 2. The number of nitrogens with one attached hydrogen (secondary N) is 2. The lowest BCUT2D eigenvalue weighted by Crippen LogP contribution is -2.24. The van der Waals surface area contributed by atoms with Crippen LogP contribution in [0.5, 0.6) is 0 Å². The third kappa shape index (κ3) is 8.80. The SMILES string of the molecule is CCCCCCCCC(=O)N/N=C(/C)c1ccc(NC(=O)C2CCCCC2)cc1. The number of hydrogen-bond donors (Lipinski definition) is 2. The molecule has 5 nitrogen and oxygen atoms in total. The normalized spacial score (nSPS) is 15.2. The third-order valence-electron chi connectivity index (χ3n) is 5.65. The number of carbonyl (C=O) groups is 2. The molecule has 0 heterocycles. The Morgan fingerprint density at radius 1 is 0.966 bits per heavy atom. The van der Waals surface area contributed by atoms with Crippen molar-refractivity contribution in [2.45, 2.75) is 90.9 Å². The van der Waals surface area contributed by atoms with Gasteiger partial charge in [-0.15, -0.1) is 0 Å². The summed E-state index contributed by atoms with van der Waals surface area (Å²) in [6.07, 6.45) is 13.0. The maximum absolute atomic E-state index is 12.3. The molecule has 0 spiro atoms. The molecule has 0 radical (unpaired) electrons. The summed E-state index contributed by atoms with van der Waals surface area (Å²) in [7, 11) is 0. The van der Waals surface area contributed by atoms with Gasteiger partial charge in [-0.1, -0.05) is 70.4 Å². The Morgan fingerprint density at radius 2 is 1.62 bits per heavy atom. The Hall–Kier alpha value is -2.17. The first-order valence-electron chi connectivity index (χ1n) is 11.3. The van der Waals surface area contributed by atoms with Crippen LogP contribution in [-0.4, -0.2) is 17.5 Å². The largest absolute Gasteiger partial charge is 0.326 e. The number of rotatable bonds is 11. The summed E-state index contributed by atoms with van der Waals surface area (Å²) in [6, 6.07) is 7.64. The molecule has 0 saturated heterocycles. The lowest BCUT2D eigenvalue weighted by atomic mass is 9.88. The quantitative estimate of drug-likeness (QED) is 0.281. The molecule has 2 rings (SSSR count). The molecule has 5 heteroatoms. The van der Waals surface area contributed by atoms with Crippen LogP contribution < -0.4 is 10.7 Å². The van der Waals surface area contributed by atoms with Crippen LogP contribution in [0.3, 0.4) is 0 Å². The van der Waals surface area contributed by atoms with Crippen LogP contribution in [0.1, 0.15) is 96.5 Å². The highest BCUT2D eigenvalue weighted by atomic mass is 16.2. The molecule has 1 aromatic carbocycles. The number of hydrogen-bond acceptors (Lipinski definition) is 3. The van der Waals surface area contributed by atoms with E-state index in [2.05, 4.69) is 22.8 Å². The van der Waals surface area contributed by atoms with Crippen molar-refractivity contribution in [1.29, 1.82) is 0 Å². The van der Waals surface area contributed by atoms with Crippen molar-refractivity contribution in [3.8, 4) is 0 Å². The maximum atomic E-state index is 12.3. The summed E-state index contributed by atoms with van der Waals surface area (Å²) in [5, 5.41) is 7.24. The van der Waals surface area contributed by atoms with Gasteiger partial charge in [-0.25, -0.2) is 5.43 Å². The zero-order chi connectivity index (χ0) is 20.9. The van der Waals surface area contributed by atoms with Gasteiger partial charge in [0.05, 0.1) is 5.71 Å². The Labute approximate surface area is 175 Å². The highest BCUT2D eigenvalue weighted by Crippen LogP contribution is 2.25. The summed E-state index contributed by atoms with van der Waals surface area (Å²) in [5.74, 6) is 0.245. The van der Waals surface area contributed by atoms with E-state index in [4.69, 9.17) is 0 Å². The van der Waals surface area contributed by atoms with Gasteiger partial charge in [-0.3, -0.25) is 9.59 Å². The molecule has 1 aromatic rings. The van der Waals surface area contributed by atoms with Gasteiger partial charge in [0.2, 0.25) is 11.8 Å². The summed E-state index contributed by atoms with van der Waals surface area (Å²) in [6.45, 7) is 4.08. The number of unbranched alkanes of at least 4 members (excludes halogenated alkanes) is 5. The fourth-order valence-electron chi connectivity index (χ4n) is 3.74. The van der Waals surface area contributed by atoms with Crippen molar-refractivity contribution < 1.29 is 9.59 Å². The van der Waals surface area contributed by atoms with Crippen molar-refractivity contribution in [2.24, 2.45) is 11.0 Å². The average Bonchev–Trinajstić information content (AvgIpc) is 2.75. The Bertz CT molecular complexity index is 661. The minimum absolute atomic E-state index is 0.0313.